The Hall–Kier alpha value is -1.49. The fourth-order valence-electron chi connectivity index (χ4n) is 1.75. The van der Waals surface area contributed by atoms with E-state index >= 15 is 0 Å². The van der Waals surface area contributed by atoms with Crippen molar-refractivity contribution < 1.29 is 17.6 Å². The molecule has 0 nitrogen and oxygen atoms in total. The second kappa shape index (κ2) is 5.25. The Labute approximate surface area is 112 Å². The van der Waals surface area contributed by atoms with E-state index in [9.17, 15) is 17.6 Å². The van der Waals surface area contributed by atoms with Gasteiger partial charge in [0, 0.05) is 4.90 Å². The van der Waals surface area contributed by atoms with E-state index in [2.05, 4.69) is 0 Å². The molecule has 0 radical (unpaired) electrons. The summed E-state index contributed by atoms with van der Waals surface area (Å²) < 4.78 is 52.2. The lowest BCUT2D eigenvalue weighted by Crippen LogP contribution is -2.09. The van der Waals surface area contributed by atoms with Crippen LogP contribution in [0.5, 0.6) is 0 Å². The minimum absolute atomic E-state index is 0.00585. The van der Waals surface area contributed by atoms with Crippen LogP contribution < -0.4 is 0 Å². The zero-order chi connectivity index (χ0) is 14.0. The van der Waals surface area contributed by atoms with Crippen molar-refractivity contribution in [3.63, 3.8) is 0 Å². The van der Waals surface area contributed by atoms with Gasteiger partial charge in [-0.2, -0.15) is 13.2 Å². The molecule has 0 aliphatic carbocycles. The molecule has 0 spiro atoms. The molecule has 19 heavy (non-hydrogen) atoms. The summed E-state index contributed by atoms with van der Waals surface area (Å²) in [4.78, 5) is -0.00585. The molecule has 2 rings (SSSR count). The molecule has 0 saturated carbocycles. The number of hydrogen-bond acceptors (Lipinski definition) is 1. The summed E-state index contributed by atoms with van der Waals surface area (Å²) in [6.07, 6.45) is -3.15. The molecule has 0 fully saturated rings. The van der Waals surface area contributed by atoms with Crippen LogP contribution in [0.1, 0.15) is 5.56 Å². The molecule has 0 bridgehead atoms. The van der Waals surface area contributed by atoms with Gasteiger partial charge in [-0.05, 0) is 29.5 Å². The molecule has 0 atom stereocenters. The first-order valence-corrected chi connectivity index (χ1v) is 6.66. The lowest BCUT2D eigenvalue weighted by Gasteiger charge is -2.13. The number of alkyl halides is 3. The molecule has 2 aromatic carbocycles. The van der Waals surface area contributed by atoms with Crippen LogP contribution >= 0.6 is 11.8 Å². The third-order valence-electron chi connectivity index (χ3n) is 2.67. The first-order chi connectivity index (χ1) is 8.93. The van der Waals surface area contributed by atoms with Gasteiger partial charge in [0.05, 0.1) is 5.56 Å². The Bertz CT molecular complexity index is 576. The highest BCUT2D eigenvalue weighted by Gasteiger charge is 2.35. The summed E-state index contributed by atoms with van der Waals surface area (Å²) in [5.41, 5.74) is -0.236. The summed E-state index contributed by atoms with van der Waals surface area (Å²) >= 11 is 0.960. The average Bonchev–Trinajstić information content (AvgIpc) is 2.38. The quantitative estimate of drug-likeness (QED) is 0.538. The first-order valence-electron chi connectivity index (χ1n) is 5.43. The number of benzene rings is 2. The Balaban J connectivity index is 2.65. The van der Waals surface area contributed by atoms with E-state index in [1.807, 2.05) is 0 Å². The summed E-state index contributed by atoms with van der Waals surface area (Å²) in [5, 5.41) is 0. The molecule has 0 amide bonds. The molecule has 0 heterocycles. The number of hydrogen-bond donors (Lipinski definition) is 0. The van der Waals surface area contributed by atoms with Crippen LogP contribution in [0, 0.1) is 5.82 Å². The van der Waals surface area contributed by atoms with E-state index in [4.69, 9.17) is 0 Å². The fourth-order valence-corrected chi connectivity index (χ4v) is 2.28. The average molecular weight is 286 g/mol. The van der Waals surface area contributed by atoms with Gasteiger partial charge >= 0.3 is 6.18 Å². The molecule has 0 saturated heterocycles. The highest BCUT2D eigenvalue weighted by molar-refractivity contribution is 7.98. The molecule has 0 aromatic heterocycles. The molecular weight excluding hydrogens is 276 g/mol. The van der Waals surface area contributed by atoms with E-state index in [1.165, 1.54) is 6.07 Å². The van der Waals surface area contributed by atoms with Crippen molar-refractivity contribution in [2.24, 2.45) is 0 Å². The Morgan fingerprint density at radius 3 is 2.11 bits per heavy atom. The summed E-state index contributed by atoms with van der Waals surface area (Å²) in [5.74, 6) is -1.21. The van der Waals surface area contributed by atoms with Crippen LogP contribution in [0.25, 0.3) is 11.1 Å². The van der Waals surface area contributed by atoms with Crippen molar-refractivity contribution in [3.8, 4) is 11.1 Å². The molecular formula is C14H10F4S. The Morgan fingerprint density at radius 2 is 1.58 bits per heavy atom. The highest BCUT2D eigenvalue weighted by atomic mass is 32.2. The Kier molecular flexibility index (Phi) is 3.85. The van der Waals surface area contributed by atoms with Crippen molar-refractivity contribution >= 4 is 11.8 Å². The van der Waals surface area contributed by atoms with Crippen molar-refractivity contribution in [1.82, 2.24) is 0 Å². The van der Waals surface area contributed by atoms with Gasteiger partial charge in [-0.15, -0.1) is 11.8 Å². The number of rotatable bonds is 2. The van der Waals surface area contributed by atoms with Gasteiger partial charge in [0.15, 0.2) is 0 Å². The third-order valence-corrected chi connectivity index (χ3v) is 3.41. The molecule has 2 aromatic rings. The maximum Gasteiger partial charge on any atom is 0.419 e. The third kappa shape index (κ3) is 2.92. The van der Waals surface area contributed by atoms with Gasteiger partial charge in [-0.3, -0.25) is 0 Å². The van der Waals surface area contributed by atoms with Gasteiger partial charge in [0.1, 0.15) is 5.82 Å². The van der Waals surface area contributed by atoms with E-state index < -0.39 is 17.6 Å². The van der Waals surface area contributed by atoms with Crippen LogP contribution in [0.3, 0.4) is 0 Å². The lowest BCUT2D eigenvalue weighted by molar-refractivity contribution is -0.140. The van der Waals surface area contributed by atoms with Gasteiger partial charge in [-0.1, -0.05) is 30.3 Å². The number of thioether (sulfide) groups is 1. The fraction of sp³-hybridized carbons (Fsp3) is 0.143. The second-order valence-electron chi connectivity index (χ2n) is 3.90. The maximum atomic E-state index is 13.7. The SMILES string of the molecule is CSc1cc(-c2ccccc2)cc(C(F)(F)F)c1F. The van der Waals surface area contributed by atoms with Crippen LogP contribution in [0.2, 0.25) is 0 Å². The van der Waals surface area contributed by atoms with Crippen LogP contribution in [0.4, 0.5) is 17.6 Å². The van der Waals surface area contributed by atoms with Gasteiger partial charge in [0.25, 0.3) is 0 Å². The van der Waals surface area contributed by atoms with Gasteiger partial charge < -0.3 is 0 Å². The number of halogens is 4. The van der Waals surface area contributed by atoms with Crippen LogP contribution in [-0.2, 0) is 6.18 Å². The van der Waals surface area contributed by atoms with E-state index in [-0.39, 0.29) is 4.90 Å². The predicted octanol–water partition coefficient (Wildman–Crippen LogP) is 5.23. The van der Waals surface area contributed by atoms with Crippen molar-refractivity contribution in [1.29, 1.82) is 0 Å². The van der Waals surface area contributed by atoms with Crippen molar-refractivity contribution in [2.45, 2.75) is 11.1 Å². The molecule has 5 heteroatoms. The van der Waals surface area contributed by atoms with E-state index in [1.54, 1.807) is 36.6 Å². The van der Waals surface area contributed by atoms with E-state index in [0.717, 1.165) is 17.8 Å². The zero-order valence-electron chi connectivity index (χ0n) is 9.96. The standard InChI is InChI=1S/C14H10F4S/c1-19-12-8-10(9-5-3-2-4-6-9)7-11(13(12)15)14(16,17)18/h2-8H,1H3. The molecule has 0 unspecified atom stereocenters. The predicted molar refractivity (Wildman–Crippen MR) is 68.6 cm³/mol. The minimum Gasteiger partial charge on any atom is -0.205 e. The first kappa shape index (κ1) is 13.9. The maximum absolute atomic E-state index is 13.7. The van der Waals surface area contributed by atoms with Crippen molar-refractivity contribution in [3.05, 3.63) is 53.8 Å². The van der Waals surface area contributed by atoms with Crippen LogP contribution in [-0.4, -0.2) is 6.26 Å². The molecule has 0 aliphatic rings. The summed E-state index contributed by atoms with van der Waals surface area (Å²) in [6.45, 7) is 0. The molecule has 100 valence electrons. The summed E-state index contributed by atoms with van der Waals surface area (Å²) in [7, 11) is 0. The van der Waals surface area contributed by atoms with Gasteiger partial charge in [-0.25, -0.2) is 4.39 Å². The normalized spacial score (nSPS) is 11.6. The zero-order valence-corrected chi connectivity index (χ0v) is 10.8. The monoisotopic (exact) mass is 286 g/mol. The second-order valence-corrected chi connectivity index (χ2v) is 4.75. The largest absolute Gasteiger partial charge is 0.419 e. The highest BCUT2D eigenvalue weighted by Crippen LogP contribution is 2.38. The minimum atomic E-state index is -4.70. The lowest BCUT2D eigenvalue weighted by atomic mass is 10.0. The molecule has 0 N–H and O–H groups in total. The van der Waals surface area contributed by atoms with Gasteiger partial charge in [0.2, 0.25) is 0 Å². The van der Waals surface area contributed by atoms with E-state index in [0.29, 0.717) is 11.1 Å². The van der Waals surface area contributed by atoms with Crippen molar-refractivity contribution in [2.75, 3.05) is 6.26 Å². The summed E-state index contributed by atoms with van der Waals surface area (Å²) in [6, 6.07) is 10.9. The topological polar surface area (TPSA) is 0 Å². The molecule has 0 aliphatic heterocycles. The smallest absolute Gasteiger partial charge is 0.205 e. The van der Waals surface area contributed by atoms with Crippen LogP contribution in [0.15, 0.2) is 47.4 Å². The Morgan fingerprint density at radius 1 is 0.947 bits per heavy atom.